The maximum Gasteiger partial charge on any atom is 0.203 e. The van der Waals surface area contributed by atoms with Crippen LogP contribution < -0.4 is 29.9 Å². The van der Waals surface area contributed by atoms with E-state index in [1.807, 2.05) is 30.5 Å². The van der Waals surface area contributed by atoms with Gasteiger partial charge in [-0.15, -0.1) is 0 Å². The quantitative estimate of drug-likeness (QED) is 0.540. The van der Waals surface area contributed by atoms with E-state index in [9.17, 15) is 0 Å². The Morgan fingerprint density at radius 3 is 2.21 bits per heavy atom. The van der Waals surface area contributed by atoms with Crippen LogP contribution in [0.4, 0.5) is 5.69 Å². The lowest BCUT2D eigenvalue weighted by atomic mass is 9.95. The fourth-order valence-corrected chi connectivity index (χ4v) is 4.37. The summed E-state index contributed by atoms with van der Waals surface area (Å²) in [6.45, 7) is 2.85. The van der Waals surface area contributed by atoms with Crippen molar-refractivity contribution in [2.45, 2.75) is 25.4 Å². The molecule has 6 nitrogen and oxygen atoms in total. The highest BCUT2D eigenvalue weighted by Crippen LogP contribution is 2.41. The molecule has 0 unspecified atom stereocenters. The second-order valence-electron chi connectivity index (χ2n) is 8.16. The van der Waals surface area contributed by atoms with E-state index in [1.165, 1.54) is 11.3 Å². The summed E-state index contributed by atoms with van der Waals surface area (Å²) in [6, 6.07) is 16.7. The largest absolute Gasteiger partial charge is 0.493 e. The Morgan fingerprint density at radius 1 is 0.939 bits per heavy atom. The highest BCUT2D eigenvalue weighted by molar-refractivity contribution is 6.32. The van der Waals surface area contributed by atoms with Crippen molar-refractivity contribution in [3.8, 4) is 28.5 Å². The summed E-state index contributed by atoms with van der Waals surface area (Å²) in [5.41, 5.74) is 4.91. The number of aromatic nitrogens is 1. The summed E-state index contributed by atoms with van der Waals surface area (Å²) >= 11 is 0. The van der Waals surface area contributed by atoms with Crippen molar-refractivity contribution in [3.63, 3.8) is 0 Å². The van der Waals surface area contributed by atoms with E-state index < -0.39 is 0 Å². The third-order valence-corrected chi connectivity index (χ3v) is 6.11. The molecule has 2 aromatic carbocycles. The molecule has 0 bridgehead atoms. The highest BCUT2D eigenvalue weighted by atomic mass is 16.5. The molecule has 7 heteroatoms. The van der Waals surface area contributed by atoms with Crippen molar-refractivity contribution in [1.29, 1.82) is 0 Å². The van der Waals surface area contributed by atoms with Crippen LogP contribution in [0.2, 0.25) is 0 Å². The fraction of sp³-hybridized carbons (Fsp3) is 0.346. The molecule has 33 heavy (non-hydrogen) atoms. The zero-order valence-electron chi connectivity index (χ0n) is 19.5. The van der Waals surface area contributed by atoms with Gasteiger partial charge in [0, 0.05) is 30.0 Å². The second-order valence-corrected chi connectivity index (χ2v) is 8.16. The smallest absolute Gasteiger partial charge is 0.203 e. The molecule has 0 amide bonds. The van der Waals surface area contributed by atoms with Crippen molar-refractivity contribution < 1.29 is 14.2 Å². The van der Waals surface area contributed by atoms with Gasteiger partial charge in [-0.05, 0) is 67.9 Å². The minimum atomic E-state index is 0.465. The van der Waals surface area contributed by atoms with E-state index >= 15 is 0 Å². The number of benzene rings is 2. The number of pyridine rings is 1. The first-order valence-corrected chi connectivity index (χ1v) is 11.2. The van der Waals surface area contributed by atoms with Crippen molar-refractivity contribution in [1.82, 2.24) is 10.3 Å². The monoisotopic (exact) mass is 443 g/mol. The Bertz CT molecular complexity index is 1040. The van der Waals surface area contributed by atoms with Crippen molar-refractivity contribution >= 4 is 19.0 Å². The Balaban J connectivity index is 1.66. The molecule has 1 N–H and O–H groups in total. The van der Waals surface area contributed by atoms with E-state index in [2.05, 4.69) is 39.5 Å². The van der Waals surface area contributed by atoms with Crippen LogP contribution in [0, 0.1) is 0 Å². The summed E-state index contributed by atoms with van der Waals surface area (Å²) in [4.78, 5) is 7.10. The molecule has 2 heterocycles. The van der Waals surface area contributed by atoms with Crippen molar-refractivity contribution in [2.75, 3.05) is 39.3 Å². The third-order valence-electron chi connectivity index (χ3n) is 6.11. The first-order chi connectivity index (χ1) is 16.1. The maximum absolute atomic E-state index is 5.94. The predicted molar refractivity (Wildman–Crippen MR) is 133 cm³/mol. The molecule has 4 rings (SSSR count). The van der Waals surface area contributed by atoms with Gasteiger partial charge >= 0.3 is 0 Å². The fourth-order valence-electron chi connectivity index (χ4n) is 4.37. The number of anilines is 1. The van der Waals surface area contributed by atoms with Gasteiger partial charge in [0.2, 0.25) is 5.75 Å². The molecule has 170 valence electrons. The number of rotatable bonds is 8. The van der Waals surface area contributed by atoms with Crippen LogP contribution in [0.1, 0.15) is 18.4 Å². The van der Waals surface area contributed by atoms with Gasteiger partial charge < -0.3 is 24.4 Å². The highest BCUT2D eigenvalue weighted by Gasteiger charge is 2.22. The van der Waals surface area contributed by atoms with Gasteiger partial charge in [-0.25, -0.2) is 0 Å². The minimum absolute atomic E-state index is 0.465. The van der Waals surface area contributed by atoms with E-state index in [0.717, 1.165) is 49.2 Å². The Kier molecular flexibility index (Phi) is 7.40. The average Bonchev–Trinajstić information content (AvgIpc) is 2.87. The molecular weight excluding hydrogens is 413 g/mol. The van der Waals surface area contributed by atoms with Gasteiger partial charge in [-0.1, -0.05) is 17.6 Å². The van der Waals surface area contributed by atoms with Gasteiger partial charge in [0.25, 0.3) is 0 Å². The topological polar surface area (TPSA) is 55.9 Å². The first kappa shape index (κ1) is 23.0. The van der Waals surface area contributed by atoms with Gasteiger partial charge in [0.15, 0.2) is 11.5 Å². The molecule has 1 aromatic heterocycles. The van der Waals surface area contributed by atoms with Crippen LogP contribution in [-0.4, -0.2) is 53.3 Å². The number of hydrogen-bond donors (Lipinski definition) is 1. The number of hydrogen-bond acceptors (Lipinski definition) is 6. The molecule has 0 atom stereocenters. The van der Waals surface area contributed by atoms with Gasteiger partial charge in [-0.3, -0.25) is 4.98 Å². The molecule has 1 saturated heterocycles. The van der Waals surface area contributed by atoms with Gasteiger partial charge in [-0.2, -0.15) is 0 Å². The van der Waals surface area contributed by atoms with E-state index in [4.69, 9.17) is 22.1 Å². The van der Waals surface area contributed by atoms with Crippen molar-refractivity contribution in [3.05, 3.63) is 60.3 Å². The Labute approximate surface area is 197 Å². The zero-order chi connectivity index (χ0) is 23.2. The lowest BCUT2D eigenvalue weighted by molar-refractivity contribution is 0.324. The van der Waals surface area contributed by atoms with Crippen LogP contribution in [0.25, 0.3) is 11.3 Å². The molecule has 3 aromatic rings. The maximum atomic E-state index is 5.94. The lowest BCUT2D eigenvalue weighted by Crippen LogP contribution is -2.43. The predicted octanol–water partition coefficient (Wildman–Crippen LogP) is 3.33. The molecule has 0 saturated carbocycles. The standard InChI is InChI=1S/C26H30BN3O3/c1-31-24-15-19(16-25(32-2)26(24)33-3)23-14-18(8-13-29-23)17-30(22-9-11-28-12-10-22)21-6-4-20(27)5-7-21/h4-8,13-16,22,28H,9-12,17H2,1-3H3. The average molecular weight is 443 g/mol. The molecule has 1 fully saturated rings. The number of nitrogens with one attached hydrogen (secondary N) is 1. The second kappa shape index (κ2) is 10.6. The van der Waals surface area contributed by atoms with Gasteiger partial charge in [0.05, 0.1) is 27.0 Å². The molecule has 1 aliphatic heterocycles. The number of ether oxygens (including phenoxy) is 3. The van der Waals surface area contributed by atoms with Crippen LogP contribution in [0.3, 0.4) is 0 Å². The van der Waals surface area contributed by atoms with E-state index in [0.29, 0.717) is 23.3 Å². The SMILES string of the molecule is [B]c1ccc(N(Cc2ccnc(-c3cc(OC)c(OC)c(OC)c3)c2)C2CCNCC2)cc1. The molecule has 0 spiro atoms. The summed E-state index contributed by atoms with van der Waals surface area (Å²) in [6.07, 6.45) is 4.07. The summed E-state index contributed by atoms with van der Waals surface area (Å²) < 4.78 is 16.5. The zero-order valence-corrected chi connectivity index (χ0v) is 19.5. The number of piperidine rings is 1. The normalized spacial score (nSPS) is 14.0. The molecule has 2 radical (unpaired) electrons. The number of nitrogens with zero attached hydrogens (tertiary/aromatic N) is 2. The first-order valence-electron chi connectivity index (χ1n) is 11.2. The summed E-state index contributed by atoms with van der Waals surface area (Å²) in [5, 5.41) is 3.46. The van der Waals surface area contributed by atoms with Crippen LogP contribution in [0.5, 0.6) is 17.2 Å². The Morgan fingerprint density at radius 2 is 1.61 bits per heavy atom. The van der Waals surface area contributed by atoms with Crippen molar-refractivity contribution in [2.24, 2.45) is 0 Å². The minimum Gasteiger partial charge on any atom is -0.493 e. The van der Waals surface area contributed by atoms with Gasteiger partial charge in [0.1, 0.15) is 7.85 Å². The summed E-state index contributed by atoms with van der Waals surface area (Å²) in [7, 11) is 10.8. The van der Waals surface area contributed by atoms with E-state index in [1.54, 1.807) is 21.3 Å². The Hall–Kier alpha value is -3.19. The summed E-state index contributed by atoms with van der Waals surface area (Å²) in [5.74, 6) is 1.79. The van der Waals surface area contributed by atoms with E-state index in [-0.39, 0.29) is 0 Å². The van der Waals surface area contributed by atoms with Crippen LogP contribution >= 0.6 is 0 Å². The third kappa shape index (κ3) is 5.25. The van der Waals surface area contributed by atoms with Crippen LogP contribution in [0.15, 0.2) is 54.7 Å². The van der Waals surface area contributed by atoms with Crippen LogP contribution in [-0.2, 0) is 6.54 Å². The lowest BCUT2D eigenvalue weighted by Gasteiger charge is -2.36. The number of methoxy groups -OCH3 is 3. The molecular formula is C26H30BN3O3. The molecule has 0 aliphatic carbocycles. The molecule has 1 aliphatic rings.